The average Bonchev–Trinajstić information content (AvgIpc) is 3.34. The average molecular weight is 332 g/mol. The predicted molar refractivity (Wildman–Crippen MR) is 84.0 cm³/mol. The molecule has 2 aromatic rings. The topological polar surface area (TPSA) is 84.9 Å². The van der Waals surface area contributed by atoms with Gasteiger partial charge in [0.2, 0.25) is 5.91 Å². The molecule has 3 heterocycles. The maximum atomic E-state index is 12.4. The first-order chi connectivity index (χ1) is 11.7. The molecule has 0 bridgehead atoms. The van der Waals surface area contributed by atoms with Crippen molar-refractivity contribution in [2.45, 2.75) is 32.0 Å². The lowest BCUT2D eigenvalue weighted by atomic mass is 10.2. The SMILES string of the molecule is COC(=O)c1ccoc1CN1CCCC1C(=O)NCc1ccco1. The minimum absolute atomic E-state index is 0.0462. The molecule has 1 atom stereocenters. The van der Waals surface area contributed by atoms with Gasteiger partial charge in [-0.2, -0.15) is 0 Å². The van der Waals surface area contributed by atoms with E-state index in [4.69, 9.17) is 13.6 Å². The quantitative estimate of drug-likeness (QED) is 0.814. The van der Waals surface area contributed by atoms with Crippen LogP contribution in [-0.4, -0.2) is 36.5 Å². The van der Waals surface area contributed by atoms with Crippen LogP contribution in [0.4, 0.5) is 0 Å². The van der Waals surface area contributed by atoms with Crippen LogP contribution in [0.3, 0.4) is 0 Å². The third-order valence-electron chi connectivity index (χ3n) is 4.18. The van der Waals surface area contributed by atoms with Crippen molar-refractivity contribution in [1.82, 2.24) is 10.2 Å². The fourth-order valence-corrected chi connectivity index (χ4v) is 2.96. The van der Waals surface area contributed by atoms with Crippen LogP contribution in [0.15, 0.2) is 39.6 Å². The zero-order valence-corrected chi connectivity index (χ0v) is 13.5. The minimum Gasteiger partial charge on any atom is -0.467 e. The highest BCUT2D eigenvalue weighted by Crippen LogP contribution is 2.23. The van der Waals surface area contributed by atoms with Gasteiger partial charge < -0.3 is 18.9 Å². The summed E-state index contributed by atoms with van der Waals surface area (Å²) in [6, 6.07) is 4.95. The van der Waals surface area contributed by atoms with Crippen LogP contribution < -0.4 is 5.32 Å². The number of likely N-dealkylation sites (tertiary alicyclic amines) is 1. The fourth-order valence-electron chi connectivity index (χ4n) is 2.96. The van der Waals surface area contributed by atoms with E-state index in [1.807, 2.05) is 11.0 Å². The summed E-state index contributed by atoms with van der Waals surface area (Å²) in [7, 11) is 1.33. The molecule has 1 aliphatic rings. The molecule has 1 amide bonds. The van der Waals surface area contributed by atoms with Crippen LogP contribution in [0.25, 0.3) is 0 Å². The number of methoxy groups -OCH3 is 1. The fraction of sp³-hybridized carbons (Fsp3) is 0.412. The summed E-state index contributed by atoms with van der Waals surface area (Å²) >= 11 is 0. The van der Waals surface area contributed by atoms with Crippen LogP contribution in [0.1, 0.15) is 34.7 Å². The number of amides is 1. The molecule has 0 radical (unpaired) electrons. The molecule has 0 saturated carbocycles. The van der Waals surface area contributed by atoms with Gasteiger partial charge in [0.05, 0.1) is 38.8 Å². The van der Waals surface area contributed by atoms with E-state index in [-0.39, 0.29) is 11.9 Å². The number of carbonyl (C=O) groups excluding carboxylic acids is 2. The molecule has 1 fully saturated rings. The van der Waals surface area contributed by atoms with Gasteiger partial charge in [0.1, 0.15) is 17.1 Å². The van der Waals surface area contributed by atoms with Gasteiger partial charge in [0.25, 0.3) is 0 Å². The Bertz CT molecular complexity index is 692. The predicted octanol–water partition coefficient (Wildman–Crippen LogP) is 1.94. The second-order valence-corrected chi connectivity index (χ2v) is 5.67. The smallest absolute Gasteiger partial charge is 0.341 e. The molecule has 1 N–H and O–H groups in total. The van der Waals surface area contributed by atoms with Crippen molar-refractivity contribution in [3.63, 3.8) is 0 Å². The minimum atomic E-state index is -0.434. The van der Waals surface area contributed by atoms with Gasteiger partial charge in [-0.3, -0.25) is 9.69 Å². The van der Waals surface area contributed by atoms with E-state index in [9.17, 15) is 9.59 Å². The van der Waals surface area contributed by atoms with Gasteiger partial charge in [0.15, 0.2) is 0 Å². The molecule has 7 nitrogen and oxygen atoms in total. The Labute approximate surface area is 139 Å². The molecule has 1 aliphatic heterocycles. The van der Waals surface area contributed by atoms with E-state index in [1.165, 1.54) is 13.4 Å². The number of nitrogens with one attached hydrogen (secondary N) is 1. The number of rotatable bonds is 6. The molecular weight excluding hydrogens is 312 g/mol. The highest BCUT2D eigenvalue weighted by Gasteiger charge is 2.32. The van der Waals surface area contributed by atoms with Crippen LogP contribution in [0.5, 0.6) is 0 Å². The molecule has 0 spiro atoms. The molecule has 2 aromatic heterocycles. The monoisotopic (exact) mass is 332 g/mol. The number of nitrogens with zero attached hydrogens (tertiary/aromatic N) is 1. The second-order valence-electron chi connectivity index (χ2n) is 5.67. The summed E-state index contributed by atoms with van der Waals surface area (Å²) in [6.07, 6.45) is 4.74. The third-order valence-corrected chi connectivity index (χ3v) is 4.18. The normalized spacial score (nSPS) is 17.8. The highest BCUT2D eigenvalue weighted by atomic mass is 16.5. The van der Waals surface area contributed by atoms with Crippen LogP contribution in [0.2, 0.25) is 0 Å². The van der Waals surface area contributed by atoms with Gasteiger partial charge >= 0.3 is 5.97 Å². The number of ether oxygens (including phenoxy) is 1. The van der Waals surface area contributed by atoms with Crippen molar-refractivity contribution in [1.29, 1.82) is 0 Å². The first-order valence-corrected chi connectivity index (χ1v) is 7.88. The summed E-state index contributed by atoms with van der Waals surface area (Å²) in [6.45, 7) is 1.54. The Kier molecular flexibility index (Phi) is 5.00. The van der Waals surface area contributed by atoms with Crippen LogP contribution in [-0.2, 0) is 22.6 Å². The van der Waals surface area contributed by atoms with Crippen molar-refractivity contribution in [2.24, 2.45) is 0 Å². The van der Waals surface area contributed by atoms with E-state index in [1.54, 1.807) is 18.4 Å². The summed E-state index contributed by atoms with van der Waals surface area (Å²) in [5.41, 5.74) is 0.402. The third kappa shape index (κ3) is 3.51. The molecule has 1 saturated heterocycles. The van der Waals surface area contributed by atoms with Crippen molar-refractivity contribution in [2.75, 3.05) is 13.7 Å². The number of furan rings is 2. The molecule has 3 rings (SSSR count). The van der Waals surface area contributed by atoms with Gasteiger partial charge in [-0.15, -0.1) is 0 Å². The number of carbonyl (C=O) groups is 2. The van der Waals surface area contributed by atoms with E-state index >= 15 is 0 Å². The lowest BCUT2D eigenvalue weighted by Gasteiger charge is -2.22. The second kappa shape index (κ2) is 7.35. The Balaban J connectivity index is 1.62. The van der Waals surface area contributed by atoms with E-state index < -0.39 is 5.97 Å². The summed E-state index contributed by atoms with van der Waals surface area (Å²) in [5, 5.41) is 2.89. The largest absolute Gasteiger partial charge is 0.467 e. The lowest BCUT2D eigenvalue weighted by Crippen LogP contribution is -2.42. The Morgan fingerprint density at radius 1 is 1.33 bits per heavy atom. The van der Waals surface area contributed by atoms with Crippen molar-refractivity contribution in [3.8, 4) is 0 Å². The first kappa shape index (κ1) is 16.3. The van der Waals surface area contributed by atoms with Gasteiger partial charge in [-0.25, -0.2) is 4.79 Å². The summed E-state index contributed by atoms with van der Waals surface area (Å²) in [4.78, 5) is 26.2. The van der Waals surface area contributed by atoms with Crippen molar-refractivity contribution in [3.05, 3.63) is 47.8 Å². The maximum Gasteiger partial charge on any atom is 0.341 e. The molecule has 0 aromatic carbocycles. The van der Waals surface area contributed by atoms with Gasteiger partial charge in [-0.1, -0.05) is 0 Å². The van der Waals surface area contributed by atoms with E-state index in [0.29, 0.717) is 30.2 Å². The van der Waals surface area contributed by atoms with Crippen LogP contribution in [0, 0.1) is 0 Å². The van der Waals surface area contributed by atoms with E-state index in [2.05, 4.69) is 5.32 Å². The van der Waals surface area contributed by atoms with Crippen LogP contribution >= 0.6 is 0 Å². The highest BCUT2D eigenvalue weighted by molar-refractivity contribution is 5.90. The first-order valence-electron chi connectivity index (χ1n) is 7.88. The molecular formula is C17H20N2O5. The number of esters is 1. The van der Waals surface area contributed by atoms with E-state index in [0.717, 1.165) is 19.4 Å². The molecule has 7 heteroatoms. The zero-order valence-electron chi connectivity index (χ0n) is 13.5. The summed E-state index contributed by atoms with van der Waals surface area (Å²) < 4.78 is 15.4. The van der Waals surface area contributed by atoms with Gasteiger partial charge in [-0.05, 0) is 37.6 Å². The van der Waals surface area contributed by atoms with Gasteiger partial charge in [0, 0.05) is 0 Å². The zero-order chi connectivity index (χ0) is 16.9. The number of hydrogen-bond donors (Lipinski definition) is 1. The Hall–Kier alpha value is -2.54. The Morgan fingerprint density at radius 2 is 2.21 bits per heavy atom. The van der Waals surface area contributed by atoms with Crippen molar-refractivity contribution >= 4 is 11.9 Å². The lowest BCUT2D eigenvalue weighted by molar-refractivity contribution is -0.125. The summed E-state index contributed by atoms with van der Waals surface area (Å²) in [5.74, 6) is 0.756. The number of hydrogen-bond acceptors (Lipinski definition) is 6. The standard InChI is InChI=1S/C17H20N2O5/c1-22-17(21)13-6-9-24-15(13)11-19-7-2-5-14(19)16(20)18-10-12-4-3-8-23-12/h3-4,6,8-9,14H,2,5,7,10-11H2,1H3,(H,18,20). The molecule has 0 aliphatic carbocycles. The maximum absolute atomic E-state index is 12.4. The molecule has 1 unspecified atom stereocenters. The Morgan fingerprint density at radius 3 is 2.96 bits per heavy atom. The molecule has 128 valence electrons. The molecule has 24 heavy (non-hydrogen) atoms. The van der Waals surface area contributed by atoms with Crippen molar-refractivity contribution < 1.29 is 23.2 Å².